The molecule has 0 radical (unpaired) electrons. The quantitative estimate of drug-likeness (QED) is 0.646. The molecule has 2 atom stereocenters. The second-order valence-electron chi connectivity index (χ2n) is 4.81. The summed E-state index contributed by atoms with van der Waals surface area (Å²) in [4.78, 5) is 23.6. The van der Waals surface area contributed by atoms with Crippen molar-refractivity contribution < 1.29 is 14.8 Å². The minimum Gasteiger partial charge on any atom is -0.481 e. The van der Waals surface area contributed by atoms with Crippen LogP contribution < -0.4 is 4.90 Å². The van der Waals surface area contributed by atoms with Gasteiger partial charge in [0, 0.05) is 19.6 Å². The van der Waals surface area contributed by atoms with E-state index in [4.69, 9.17) is 5.11 Å². The average molecular weight is 268 g/mol. The fourth-order valence-electron chi connectivity index (χ4n) is 2.74. The molecular formula is C11H16N4O4. The lowest BCUT2D eigenvalue weighted by Crippen LogP contribution is -2.34. The van der Waals surface area contributed by atoms with Gasteiger partial charge < -0.3 is 10.0 Å². The molecule has 1 aromatic heterocycles. The molecule has 0 aromatic carbocycles. The molecule has 0 bridgehead atoms. The molecule has 2 unspecified atom stereocenters. The molecule has 1 fully saturated rings. The Bertz CT molecular complexity index is 539. The number of aromatic nitrogens is 2. The zero-order chi connectivity index (χ0) is 14.3. The van der Waals surface area contributed by atoms with Gasteiger partial charge in [0.05, 0.1) is 10.8 Å². The fourth-order valence-corrected chi connectivity index (χ4v) is 2.74. The largest absolute Gasteiger partial charge is 0.481 e. The first-order valence-corrected chi connectivity index (χ1v) is 6.02. The van der Waals surface area contributed by atoms with Crippen LogP contribution in [0.2, 0.25) is 0 Å². The standard InChI is InChI=1S/C11H16N4O4/c1-6-9(15(18)19)10(13(3)12-6)14-5-4-8(7(14)2)11(16)17/h7-8H,4-5H2,1-3H3,(H,16,17). The number of aliphatic carboxylic acids is 1. The summed E-state index contributed by atoms with van der Waals surface area (Å²) in [6.07, 6.45) is 0.484. The third-order valence-electron chi connectivity index (χ3n) is 3.69. The summed E-state index contributed by atoms with van der Waals surface area (Å²) in [5.74, 6) is -0.981. The maximum absolute atomic E-state index is 11.1. The van der Waals surface area contributed by atoms with Crippen LogP contribution in [-0.4, -0.2) is 38.4 Å². The monoisotopic (exact) mass is 268 g/mol. The Morgan fingerprint density at radius 1 is 1.58 bits per heavy atom. The number of hydrogen-bond donors (Lipinski definition) is 1. The molecular weight excluding hydrogens is 252 g/mol. The highest BCUT2D eigenvalue weighted by Gasteiger charge is 2.40. The van der Waals surface area contributed by atoms with Gasteiger partial charge in [-0.05, 0) is 20.3 Å². The maximum atomic E-state index is 11.1. The minimum atomic E-state index is -0.864. The number of anilines is 1. The molecule has 8 heteroatoms. The fraction of sp³-hybridized carbons (Fsp3) is 0.636. The molecule has 1 aromatic rings. The lowest BCUT2D eigenvalue weighted by Gasteiger charge is -2.24. The van der Waals surface area contributed by atoms with Gasteiger partial charge in [-0.1, -0.05) is 0 Å². The zero-order valence-corrected chi connectivity index (χ0v) is 11.0. The summed E-state index contributed by atoms with van der Waals surface area (Å²) < 4.78 is 1.45. The van der Waals surface area contributed by atoms with E-state index >= 15 is 0 Å². The number of hydrogen-bond acceptors (Lipinski definition) is 5. The van der Waals surface area contributed by atoms with Crippen LogP contribution >= 0.6 is 0 Å². The Morgan fingerprint density at radius 2 is 2.21 bits per heavy atom. The second-order valence-corrected chi connectivity index (χ2v) is 4.81. The third-order valence-corrected chi connectivity index (χ3v) is 3.69. The van der Waals surface area contributed by atoms with Crippen molar-refractivity contribution in [3.8, 4) is 0 Å². The minimum absolute atomic E-state index is 0.0413. The van der Waals surface area contributed by atoms with Crippen molar-refractivity contribution >= 4 is 17.5 Å². The van der Waals surface area contributed by atoms with Gasteiger partial charge in [-0.15, -0.1) is 0 Å². The van der Waals surface area contributed by atoms with Gasteiger partial charge in [0.1, 0.15) is 5.69 Å². The molecule has 1 aliphatic heterocycles. The lowest BCUT2D eigenvalue weighted by atomic mass is 10.0. The predicted octanol–water partition coefficient (Wildman–Crippen LogP) is 0.936. The average Bonchev–Trinajstić information content (AvgIpc) is 2.78. The van der Waals surface area contributed by atoms with Gasteiger partial charge in [0.15, 0.2) is 0 Å². The molecule has 2 rings (SSSR count). The number of nitrogens with zero attached hydrogens (tertiary/aromatic N) is 4. The van der Waals surface area contributed by atoms with E-state index < -0.39 is 16.8 Å². The van der Waals surface area contributed by atoms with Crippen LogP contribution in [0.3, 0.4) is 0 Å². The van der Waals surface area contributed by atoms with Crippen molar-refractivity contribution in [2.75, 3.05) is 11.4 Å². The van der Waals surface area contributed by atoms with E-state index in [1.807, 2.05) is 0 Å². The van der Waals surface area contributed by atoms with Crippen molar-refractivity contribution in [3.05, 3.63) is 15.8 Å². The van der Waals surface area contributed by atoms with E-state index in [1.54, 1.807) is 25.8 Å². The van der Waals surface area contributed by atoms with Crippen LogP contribution in [0.1, 0.15) is 19.0 Å². The maximum Gasteiger partial charge on any atom is 0.333 e. The first kappa shape index (κ1) is 13.3. The highest BCUT2D eigenvalue weighted by Crippen LogP contribution is 2.37. The third kappa shape index (κ3) is 2.02. The molecule has 1 saturated heterocycles. The number of nitro groups is 1. The Kier molecular flexibility index (Phi) is 3.17. The molecule has 2 heterocycles. The zero-order valence-electron chi connectivity index (χ0n) is 11.0. The smallest absolute Gasteiger partial charge is 0.333 e. The van der Waals surface area contributed by atoms with Crippen molar-refractivity contribution in [1.29, 1.82) is 0 Å². The number of carboxylic acids is 1. The topological polar surface area (TPSA) is 102 Å². The Hall–Kier alpha value is -2.12. The molecule has 19 heavy (non-hydrogen) atoms. The van der Waals surface area contributed by atoms with Crippen LogP contribution in [0.4, 0.5) is 11.5 Å². The number of carboxylic acid groups (broad SMARTS) is 1. The molecule has 0 saturated carbocycles. The van der Waals surface area contributed by atoms with Crippen LogP contribution in [0.15, 0.2) is 0 Å². The van der Waals surface area contributed by atoms with E-state index in [9.17, 15) is 14.9 Å². The number of rotatable bonds is 3. The van der Waals surface area contributed by atoms with Crippen LogP contribution in [-0.2, 0) is 11.8 Å². The van der Waals surface area contributed by atoms with E-state index in [1.165, 1.54) is 4.68 Å². The summed E-state index contributed by atoms with van der Waals surface area (Å²) in [5.41, 5.74) is 0.300. The van der Waals surface area contributed by atoms with Crippen molar-refractivity contribution in [3.63, 3.8) is 0 Å². The van der Waals surface area contributed by atoms with Crippen molar-refractivity contribution in [1.82, 2.24) is 9.78 Å². The normalized spacial score (nSPS) is 22.8. The van der Waals surface area contributed by atoms with E-state index in [2.05, 4.69) is 5.10 Å². The first-order valence-electron chi connectivity index (χ1n) is 6.02. The molecule has 104 valence electrons. The van der Waals surface area contributed by atoms with Gasteiger partial charge >= 0.3 is 11.7 Å². The van der Waals surface area contributed by atoms with E-state index in [-0.39, 0.29) is 11.7 Å². The van der Waals surface area contributed by atoms with Crippen LogP contribution in [0.5, 0.6) is 0 Å². The molecule has 1 aliphatic rings. The van der Waals surface area contributed by atoms with Crippen molar-refractivity contribution in [2.24, 2.45) is 13.0 Å². The van der Waals surface area contributed by atoms with Gasteiger partial charge in [-0.25, -0.2) is 4.68 Å². The summed E-state index contributed by atoms with van der Waals surface area (Å²) in [7, 11) is 1.64. The molecule has 1 N–H and O–H groups in total. The molecule has 0 spiro atoms. The van der Waals surface area contributed by atoms with Gasteiger partial charge in [-0.3, -0.25) is 14.9 Å². The van der Waals surface area contributed by atoms with Crippen molar-refractivity contribution in [2.45, 2.75) is 26.3 Å². The van der Waals surface area contributed by atoms with Gasteiger partial charge in [0.2, 0.25) is 5.82 Å². The van der Waals surface area contributed by atoms with Crippen LogP contribution in [0.25, 0.3) is 0 Å². The number of aryl methyl sites for hydroxylation is 2. The summed E-state index contributed by atoms with van der Waals surface area (Å²) in [5, 5.41) is 24.3. The van der Waals surface area contributed by atoms with Gasteiger partial charge in [0.25, 0.3) is 0 Å². The molecule has 8 nitrogen and oxygen atoms in total. The summed E-state index contributed by atoms with van der Waals surface area (Å²) in [6.45, 7) is 3.84. The Balaban J connectivity index is 2.44. The lowest BCUT2D eigenvalue weighted by molar-refractivity contribution is -0.384. The highest BCUT2D eigenvalue weighted by molar-refractivity contribution is 5.74. The molecule has 0 amide bonds. The van der Waals surface area contributed by atoms with E-state index in [0.29, 0.717) is 24.5 Å². The summed E-state index contributed by atoms with van der Waals surface area (Å²) >= 11 is 0. The Morgan fingerprint density at radius 3 is 2.68 bits per heavy atom. The predicted molar refractivity (Wildman–Crippen MR) is 67.2 cm³/mol. The SMILES string of the molecule is Cc1nn(C)c(N2CCC(C(=O)O)C2C)c1[N+](=O)[O-]. The Labute approximate surface area is 109 Å². The van der Waals surface area contributed by atoms with Crippen LogP contribution in [0, 0.1) is 23.0 Å². The highest BCUT2D eigenvalue weighted by atomic mass is 16.6. The van der Waals surface area contributed by atoms with Gasteiger partial charge in [-0.2, -0.15) is 5.10 Å². The van der Waals surface area contributed by atoms with E-state index in [0.717, 1.165) is 0 Å². The number of carbonyl (C=O) groups is 1. The first-order chi connectivity index (χ1) is 8.84. The summed E-state index contributed by atoms with van der Waals surface area (Å²) in [6, 6.07) is -0.286. The molecule has 0 aliphatic carbocycles. The second kappa shape index (κ2) is 4.52.